The van der Waals surface area contributed by atoms with E-state index in [1.165, 1.54) is 43.2 Å². The van der Waals surface area contributed by atoms with Gasteiger partial charge in [0.05, 0.1) is 13.2 Å². The fourth-order valence-electron chi connectivity index (χ4n) is 7.27. The normalized spacial score (nSPS) is 33.7. The molecule has 158 valence electrons. The summed E-state index contributed by atoms with van der Waals surface area (Å²) in [6.45, 7) is 4.63. The highest BCUT2D eigenvalue weighted by molar-refractivity contribution is 5.41. The first-order valence-corrected chi connectivity index (χ1v) is 11.8. The molecule has 2 aromatic carbocycles. The first-order chi connectivity index (χ1) is 14.7. The molecule has 3 nitrogen and oxygen atoms in total. The van der Waals surface area contributed by atoms with Crippen molar-refractivity contribution in [3.8, 4) is 5.75 Å². The number of fused-ring (bicyclic) bond motifs is 6. The van der Waals surface area contributed by atoms with E-state index in [1.807, 2.05) is 6.07 Å². The largest absolute Gasteiger partial charge is 0.489 e. The lowest BCUT2D eigenvalue weighted by Crippen LogP contribution is -2.51. The van der Waals surface area contributed by atoms with Crippen molar-refractivity contribution in [3.05, 3.63) is 65.2 Å². The molecule has 2 saturated carbocycles. The second-order valence-corrected chi connectivity index (χ2v) is 10.00. The van der Waals surface area contributed by atoms with Crippen LogP contribution in [0.1, 0.15) is 61.6 Å². The summed E-state index contributed by atoms with van der Waals surface area (Å²) in [5.41, 5.74) is 4.48. The number of hydrogen-bond donors (Lipinski definition) is 0. The van der Waals surface area contributed by atoms with Gasteiger partial charge in [-0.1, -0.05) is 43.3 Å². The van der Waals surface area contributed by atoms with Crippen LogP contribution in [-0.4, -0.2) is 19.0 Å². The quantitative estimate of drug-likeness (QED) is 0.641. The Kier molecular flexibility index (Phi) is 4.47. The summed E-state index contributed by atoms with van der Waals surface area (Å²) < 4.78 is 18.6. The van der Waals surface area contributed by atoms with Crippen molar-refractivity contribution >= 4 is 0 Å². The van der Waals surface area contributed by atoms with Crippen LogP contribution < -0.4 is 4.74 Å². The van der Waals surface area contributed by atoms with Crippen molar-refractivity contribution in [2.45, 2.75) is 63.8 Å². The summed E-state index contributed by atoms with van der Waals surface area (Å²) in [7, 11) is 0. The Morgan fingerprint density at radius 1 is 0.967 bits per heavy atom. The maximum absolute atomic E-state index is 6.26. The zero-order valence-corrected chi connectivity index (χ0v) is 17.9. The molecule has 30 heavy (non-hydrogen) atoms. The molecule has 1 heterocycles. The topological polar surface area (TPSA) is 27.7 Å². The van der Waals surface area contributed by atoms with Gasteiger partial charge in [0.1, 0.15) is 12.4 Å². The van der Waals surface area contributed by atoms with Gasteiger partial charge in [-0.2, -0.15) is 0 Å². The van der Waals surface area contributed by atoms with Crippen molar-refractivity contribution in [1.82, 2.24) is 0 Å². The minimum absolute atomic E-state index is 0.181. The molecular formula is C27H32O3. The van der Waals surface area contributed by atoms with Crippen molar-refractivity contribution in [2.75, 3.05) is 13.2 Å². The highest BCUT2D eigenvalue weighted by atomic mass is 16.7. The van der Waals surface area contributed by atoms with E-state index in [9.17, 15) is 0 Å². The maximum atomic E-state index is 6.26. The molecule has 0 N–H and O–H groups in total. The van der Waals surface area contributed by atoms with E-state index in [-0.39, 0.29) is 11.2 Å². The highest BCUT2D eigenvalue weighted by Crippen LogP contribution is 2.66. The van der Waals surface area contributed by atoms with Gasteiger partial charge in [0.2, 0.25) is 0 Å². The van der Waals surface area contributed by atoms with Crippen LogP contribution in [0.4, 0.5) is 0 Å². The van der Waals surface area contributed by atoms with Gasteiger partial charge in [-0.15, -0.1) is 0 Å². The molecule has 0 amide bonds. The molecular weight excluding hydrogens is 372 g/mol. The van der Waals surface area contributed by atoms with Gasteiger partial charge in [-0.05, 0) is 78.7 Å². The van der Waals surface area contributed by atoms with Gasteiger partial charge in [-0.3, -0.25) is 0 Å². The van der Waals surface area contributed by atoms with E-state index < -0.39 is 0 Å². The average molecular weight is 405 g/mol. The molecule has 0 aromatic heterocycles. The van der Waals surface area contributed by atoms with Crippen molar-refractivity contribution in [2.24, 2.45) is 17.3 Å². The van der Waals surface area contributed by atoms with E-state index in [0.29, 0.717) is 12.5 Å². The summed E-state index contributed by atoms with van der Waals surface area (Å²) in [5, 5.41) is 0. The second kappa shape index (κ2) is 7.10. The predicted octanol–water partition coefficient (Wildman–Crippen LogP) is 5.86. The molecule has 0 bridgehead atoms. The summed E-state index contributed by atoms with van der Waals surface area (Å²) in [6.07, 6.45) is 7.26. The SMILES string of the molecule is CC12CCC3c4ccc(OCc5ccccc5)cc4CCC3C1CCC21OCCO1. The van der Waals surface area contributed by atoms with Gasteiger partial charge in [0, 0.05) is 11.8 Å². The van der Waals surface area contributed by atoms with Crippen LogP contribution in [0.5, 0.6) is 5.75 Å². The standard InChI is InChI=1S/C27H32O3/c1-26-13-11-23-22-10-8-21(28-18-19-5-3-2-4-6-19)17-20(22)7-9-24(23)25(26)12-14-27(26)29-15-16-30-27/h2-6,8,10,17,23-25H,7,9,11-16,18H2,1H3. The Morgan fingerprint density at radius 2 is 1.80 bits per heavy atom. The molecule has 4 atom stereocenters. The Morgan fingerprint density at radius 3 is 2.63 bits per heavy atom. The monoisotopic (exact) mass is 404 g/mol. The van der Waals surface area contributed by atoms with Gasteiger partial charge in [-0.25, -0.2) is 0 Å². The predicted molar refractivity (Wildman–Crippen MR) is 116 cm³/mol. The molecule has 6 rings (SSSR count). The van der Waals surface area contributed by atoms with E-state index in [4.69, 9.17) is 14.2 Å². The van der Waals surface area contributed by atoms with Gasteiger partial charge in [0.15, 0.2) is 5.79 Å². The molecule has 3 heteroatoms. The van der Waals surface area contributed by atoms with Gasteiger partial charge in [0.25, 0.3) is 0 Å². The second-order valence-electron chi connectivity index (χ2n) is 10.00. The molecule has 2 aromatic rings. The lowest BCUT2D eigenvalue weighted by molar-refractivity contribution is -0.237. The molecule has 3 aliphatic carbocycles. The first kappa shape index (κ1) is 18.9. The first-order valence-electron chi connectivity index (χ1n) is 11.8. The molecule has 3 fully saturated rings. The van der Waals surface area contributed by atoms with Crippen LogP contribution >= 0.6 is 0 Å². The maximum Gasteiger partial charge on any atom is 0.174 e. The molecule has 1 saturated heterocycles. The zero-order valence-electron chi connectivity index (χ0n) is 17.9. The average Bonchev–Trinajstić information content (AvgIpc) is 3.38. The number of hydrogen-bond acceptors (Lipinski definition) is 3. The van der Waals surface area contributed by atoms with Crippen LogP contribution in [0.2, 0.25) is 0 Å². The lowest BCUT2D eigenvalue weighted by atomic mass is 9.55. The fraction of sp³-hybridized carbons (Fsp3) is 0.556. The van der Waals surface area contributed by atoms with Crippen molar-refractivity contribution < 1.29 is 14.2 Å². The summed E-state index contributed by atoms with van der Waals surface area (Å²) in [6, 6.07) is 17.3. The zero-order chi connectivity index (χ0) is 20.2. The number of ether oxygens (including phenoxy) is 3. The van der Waals surface area contributed by atoms with Crippen molar-refractivity contribution in [3.63, 3.8) is 0 Å². The van der Waals surface area contributed by atoms with Crippen LogP contribution in [-0.2, 0) is 22.5 Å². The third kappa shape index (κ3) is 2.78. The molecule has 4 unspecified atom stereocenters. The molecule has 1 aliphatic heterocycles. The van der Waals surface area contributed by atoms with Crippen LogP contribution in [0.25, 0.3) is 0 Å². The van der Waals surface area contributed by atoms with Gasteiger partial charge < -0.3 is 14.2 Å². The minimum atomic E-state index is -0.294. The van der Waals surface area contributed by atoms with Gasteiger partial charge >= 0.3 is 0 Å². The number of rotatable bonds is 3. The third-order valence-electron chi connectivity index (χ3n) is 8.74. The van der Waals surface area contributed by atoms with E-state index >= 15 is 0 Å². The lowest BCUT2D eigenvalue weighted by Gasteiger charge is -2.52. The van der Waals surface area contributed by atoms with E-state index in [2.05, 4.69) is 49.4 Å². The smallest absolute Gasteiger partial charge is 0.174 e. The Labute approximate surface area is 179 Å². The summed E-state index contributed by atoms with van der Waals surface area (Å²) >= 11 is 0. The Balaban J connectivity index is 1.22. The third-order valence-corrected chi connectivity index (χ3v) is 8.74. The van der Waals surface area contributed by atoms with Crippen LogP contribution in [0.3, 0.4) is 0 Å². The van der Waals surface area contributed by atoms with Crippen LogP contribution in [0, 0.1) is 17.3 Å². The van der Waals surface area contributed by atoms with Crippen molar-refractivity contribution in [1.29, 1.82) is 0 Å². The summed E-state index contributed by atoms with van der Waals surface area (Å²) in [4.78, 5) is 0. The molecule has 0 radical (unpaired) electrons. The Hall–Kier alpha value is -1.84. The Bertz CT molecular complexity index is 917. The number of benzene rings is 2. The molecule has 1 spiro atoms. The summed E-state index contributed by atoms with van der Waals surface area (Å²) in [5.74, 6) is 2.88. The minimum Gasteiger partial charge on any atom is -0.489 e. The fourth-order valence-corrected chi connectivity index (χ4v) is 7.27. The van der Waals surface area contributed by atoms with Crippen LogP contribution in [0.15, 0.2) is 48.5 Å². The van der Waals surface area contributed by atoms with E-state index in [0.717, 1.165) is 37.2 Å². The van der Waals surface area contributed by atoms with E-state index in [1.54, 1.807) is 5.56 Å². The molecule has 4 aliphatic rings. The highest BCUT2D eigenvalue weighted by Gasteiger charge is 2.64. The number of aryl methyl sites for hydroxylation is 1.